The van der Waals surface area contributed by atoms with Gasteiger partial charge in [0.05, 0.1) is 17.8 Å². The van der Waals surface area contributed by atoms with Crippen LogP contribution in [0.1, 0.15) is 60.3 Å². The number of aliphatic hydroxyl groups is 2. The van der Waals surface area contributed by atoms with Crippen LogP contribution < -0.4 is 0 Å². The molecule has 1 aliphatic heterocycles. The average Bonchev–Trinajstić information content (AvgIpc) is 2.45. The molecule has 4 nitrogen and oxygen atoms in total. The maximum absolute atomic E-state index is 12.5. The number of Topliss-reactive ketones (excluding diaryl/α,β-unsaturated/α-hetero) is 1. The zero-order valence-corrected chi connectivity index (χ0v) is 15.6. The minimum absolute atomic E-state index is 0.104. The van der Waals surface area contributed by atoms with Crippen LogP contribution in [0.5, 0.6) is 0 Å². The van der Waals surface area contributed by atoms with Gasteiger partial charge < -0.3 is 14.9 Å². The summed E-state index contributed by atoms with van der Waals surface area (Å²) in [5, 5.41) is 21.7. The summed E-state index contributed by atoms with van der Waals surface area (Å²) in [6, 6.07) is 0. The van der Waals surface area contributed by atoms with Crippen molar-refractivity contribution in [3.05, 3.63) is 12.7 Å². The van der Waals surface area contributed by atoms with E-state index >= 15 is 0 Å². The standard InChI is InChI=1S/C20H32O4/c1-7-19(5)15(23)10-13-18(4)9-8-14(22)17(2,3)16(18)12(21)11-20(13,6)24-19/h7,12-13,15-16,21,23H,1,8-11H2,2-6H3/t12-,13+,15+,16+,18-,19-,20-/m0/s1. The quantitative estimate of drug-likeness (QED) is 0.723. The first-order chi connectivity index (χ1) is 10.9. The molecule has 0 spiro atoms. The zero-order chi connectivity index (χ0) is 18.1. The number of carbonyl (C=O) groups excluding carboxylic acids is 1. The van der Waals surface area contributed by atoms with E-state index in [9.17, 15) is 15.0 Å². The van der Waals surface area contributed by atoms with E-state index < -0.39 is 28.8 Å². The van der Waals surface area contributed by atoms with Crippen LogP contribution >= 0.6 is 0 Å². The summed E-state index contributed by atoms with van der Waals surface area (Å²) < 4.78 is 6.39. The fourth-order valence-electron chi connectivity index (χ4n) is 6.38. The third-order valence-electron chi connectivity index (χ3n) is 7.61. The number of ketones is 1. The van der Waals surface area contributed by atoms with E-state index in [-0.39, 0.29) is 23.0 Å². The van der Waals surface area contributed by atoms with Crippen LogP contribution in [-0.2, 0) is 9.53 Å². The molecule has 2 aliphatic carbocycles. The molecule has 7 atom stereocenters. The summed E-state index contributed by atoms with van der Waals surface area (Å²) in [5.74, 6) is 0.239. The first-order valence-corrected chi connectivity index (χ1v) is 9.14. The van der Waals surface area contributed by atoms with Gasteiger partial charge in [-0.2, -0.15) is 0 Å². The second-order valence-corrected chi connectivity index (χ2v) is 9.51. The van der Waals surface area contributed by atoms with Gasteiger partial charge in [0.25, 0.3) is 0 Å². The van der Waals surface area contributed by atoms with Crippen LogP contribution in [0.2, 0.25) is 0 Å². The van der Waals surface area contributed by atoms with Gasteiger partial charge in [0.15, 0.2) is 0 Å². The molecule has 1 heterocycles. The highest BCUT2D eigenvalue weighted by atomic mass is 16.5. The predicted octanol–water partition coefficient (Wildman–Crippen LogP) is 2.86. The summed E-state index contributed by atoms with van der Waals surface area (Å²) in [6.07, 6.45) is 2.86. The van der Waals surface area contributed by atoms with Gasteiger partial charge in [0.1, 0.15) is 11.4 Å². The Balaban J connectivity index is 2.06. The monoisotopic (exact) mass is 336 g/mol. The Labute approximate surface area is 145 Å². The van der Waals surface area contributed by atoms with Crippen molar-refractivity contribution in [3.63, 3.8) is 0 Å². The molecule has 2 N–H and O–H groups in total. The molecule has 0 aromatic rings. The molecular formula is C20H32O4. The van der Waals surface area contributed by atoms with E-state index in [2.05, 4.69) is 20.4 Å². The van der Waals surface area contributed by atoms with Crippen molar-refractivity contribution < 1.29 is 19.7 Å². The molecule has 2 saturated carbocycles. The molecule has 0 radical (unpaired) electrons. The van der Waals surface area contributed by atoms with Crippen molar-refractivity contribution in [1.29, 1.82) is 0 Å². The van der Waals surface area contributed by atoms with Gasteiger partial charge in [-0.05, 0) is 38.0 Å². The lowest BCUT2D eigenvalue weighted by Gasteiger charge is -2.66. The van der Waals surface area contributed by atoms with Crippen molar-refractivity contribution in [2.24, 2.45) is 22.7 Å². The fourth-order valence-corrected chi connectivity index (χ4v) is 6.38. The molecule has 3 aliphatic rings. The predicted molar refractivity (Wildman–Crippen MR) is 92.4 cm³/mol. The zero-order valence-electron chi connectivity index (χ0n) is 15.6. The van der Waals surface area contributed by atoms with E-state index in [0.717, 1.165) is 6.42 Å². The van der Waals surface area contributed by atoms with Crippen molar-refractivity contribution in [2.45, 2.75) is 83.7 Å². The highest BCUT2D eigenvalue weighted by molar-refractivity contribution is 5.85. The van der Waals surface area contributed by atoms with E-state index in [0.29, 0.717) is 19.3 Å². The number of hydrogen-bond acceptors (Lipinski definition) is 4. The van der Waals surface area contributed by atoms with E-state index in [1.54, 1.807) is 6.08 Å². The Kier molecular flexibility index (Phi) is 3.88. The molecule has 136 valence electrons. The van der Waals surface area contributed by atoms with Crippen LogP contribution in [0.15, 0.2) is 12.7 Å². The number of carbonyl (C=O) groups is 1. The van der Waals surface area contributed by atoms with Gasteiger partial charge in [0.2, 0.25) is 0 Å². The van der Waals surface area contributed by atoms with Crippen molar-refractivity contribution in [3.8, 4) is 0 Å². The smallest absolute Gasteiger partial charge is 0.138 e. The van der Waals surface area contributed by atoms with Crippen LogP contribution in [0.3, 0.4) is 0 Å². The maximum Gasteiger partial charge on any atom is 0.138 e. The molecule has 0 unspecified atom stereocenters. The topological polar surface area (TPSA) is 66.8 Å². The average molecular weight is 336 g/mol. The molecule has 24 heavy (non-hydrogen) atoms. The highest BCUT2D eigenvalue weighted by Gasteiger charge is 2.67. The number of hydrogen-bond donors (Lipinski definition) is 2. The lowest BCUT2D eigenvalue weighted by molar-refractivity contribution is -0.297. The molecule has 4 heteroatoms. The second-order valence-electron chi connectivity index (χ2n) is 9.51. The summed E-state index contributed by atoms with van der Waals surface area (Å²) in [7, 11) is 0. The van der Waals surface area contributed by atoms with E-state index in [1.165, 1.54) is 0 Å². The SMILES string of the molecule is C=C[C@]1(C)O[C@@]2(C)C[C@H](O)[C@@H]3C(C)(C)C(=O)CC[C@@]3(C)[C@H]2C[C@H]1O. The molecule has 0 bridgehead atoms. The Morgan fingerprint density at radius 2 is 1.83 bits per heavy atom. The molecular weight excluding hydrogens is 304 g/mol. The van der Waals surface area contributed by atoms with Gasteiger partial charge in [-0.25, -0.2) is 0 Å². The minimum atomic E-state index is -0.797. The Morgan fingerprint density at radius 3 is 2.42 bits per heavy atom. The third-order valence-corrected chi connectivity index (χ3v) is 7.61. The number of fused-ring (bicyclic) bond motifs is 3. The summed E-state index contributed by atoms with van der Waals surface area (Å²) in [4.78, 5) is 12.5. The molecule has 3 rings (SSSR count). The summed E-state index contributed by atoms with van der Waals surface area (Å²) in [6.45, 7) is 13.9. The van der Waals surface area contributed by atoms with E-state index in [1.807, 2.05) is 20.8 Å². The van der Waals surface area contributed by atoms with Gasteiger partial charge in [-0.1, -0.05) is 26.8 Å². The van der Waals surface area contributed by atoms with Crippen LogP contribution in [0, 0.1) is 22.7 Å². The largest absolute Gasteiger partial charge is 0.393 e. The molecule has 0 aromatic carbocycles. The van der Waals surface area contributed by atoms with Crippen molar-refractivity contribution in [1.82, 2.24) is 0 Å². The first-order valence-electron chi connectivity index (χ1n) is 9.14. The van der Waals surface area contributed by atoms with Crippen LogP contribution in [0.25, 0.3) is 0 Å². The maximum atomic E-state index is 12.5. The third kappa shape index (κ3) is 2.19. The fraction of sp³-hybridized carbons (Fsp3) is 0.850. The number of ether oxygens (including phenoxy) is 1. The number of aliphatic hydroxyl groups excluding tert-OH is 2. The highest BCUT2D eigenvalue weighted by Crippen LogP contribution is 2.64. The first kappa shape index (κ1) is 18.1. The Morgan fingerprint density at radius 1 is 1.21 bits per heavy atom. The van der Waals surface area contributed by atoms with Gasteiger partial charge in [-0.3, -0.25) is 4.79 Å². The lowest BCUT2D eigenvalue weighted by atomic mass is 9.43. The van der Waals surface area contributed by atoms with Crippen molar-refractivity contribution >= 4 is 5.78 Å². The molecule has 1 saturated heterocycles. The van der Waals surface area contributed by atoms with Gasteiger partial charge in [0, 0.05) is 24.2 Å². The molecule has 0 aromatic heterocycles. The summed E-state index contributed by atoms with van der Waals surface area (Å²) >= 11 is 0. The van der Waals surface area contributed by atoms with E-state index in [4.69, 9.17) is 4.74 Å². The lowest BCUT2D eigenvalue weighted by Crippen LogP contribution is -2.70. The minimum Gasteiger partial charge on any atom is -0.393 e. The van der Waals surface area contributed by atoms with Crippen molar-refractivity contribution in [2.75, 3.05) is 0 Å². The normalized spacial score (nSPS) is 53.9. The Bertz CT molecular complexity index is 570. The van der Waals surface area contributed by atoms with Gasteiger partial charge in [-0.15, -0.1) is 6.58 Å². The van der Waals surface area contributed by atoms with Gasteiger partial charge >= 0.3 is 0 Å². The Hall–Kier alpha value is -0.710. The van der Waals surface area contributed by atoms with Crippen LogP contribution in [0.4, 0.5) is 0 Å². The summed E-state index contributed by atoms with van der Waals surface area (Å²) in [5.41, 5.74) is -2.09. The number of rotatable bonds is 1. The molecule has 3 fully saturated rings. The van der Waals surface area contributed by atoms with Crippen LogP contribution in [-0.4, -0.2) is 39.4 Å². The molecule has 0 amide bonds. The second kappa shape index (κ2) is 5.15.